The molecule has 2 aromatic rings. The van der Waals surface area contributed by atoms with Crippen LogP contribution in [-0.4, -0.2) is 48.5 Å². The average molecular weight is 430 g/mol. The quantitative estimate of drug-likeness (QED) is 0.532. The highest BCUT2D eigenvalue weighted by Crippen LogP contribution is 2.22. The van der Waals surface area contributed by atoms with Crippen molar-refractivity contribution < 1.29 is 23.8 Å². The number of carboxylic acid groups (broad SMARTS) is 1. The van der Waals surface area contributed by atoms with Crippen molar-refractivity contribution in [2.24, 2.45) is 5.92 Å². The third-order valence-electron chi connectivity index (χ3n) is 5.77. The number of carbonyl (C=O) groups is 1. The Bertz CT molecular complexity index is 836. The van der Waals surface area contributed by atoms with Crippen LogP contribution in [0.3, 0.4) is 0 Å². The summed E-state index contributed by atoms with van der Waals surface area (Å²) in [5, 5.41) is 9.25. The molecular formula is C25H32FNO4. The number of carboxylic acids is 1. The molecule has 0 aliphatic carbocycles. The second-order valence-corrected chi connectivity index (χ2v) is 8.23. The minimum absolute atomic E-state index is 0.0292. The van der Waals surface area contributed by atoms with Gasteiger partial charge in [0.05, 0.1) is 13.0 Å². The van der Waals surface area contributed by atoms with Crippen molar-refractivity contribution in [2.45, 2.75) is 45.3 Å². The summed E-state index contributed by atoms with van der Waals surface area (Å²) in [7, 11) is 0. The van der Waals surface area contributed by atoms with Crippen LogP contribution in [0.2, 0.25) is 0 Å². The highest BCUT2D eigenvalue weighted by molar-refractivity contribution is 5.67. The molecule has 0 aromatic heterocycles. The molecule has 1 atom stereocenters. The van der Waals surface area contributed by atoms with Gasteiger partial charge in [0, 0.05) is 13.1 Å². The summed E-state index contributed by atoms with van der Waals surface area (Å²) >= 11 is 0. The van der Waals surface area contributed by atoms with Crippen LogP contribution in [0.4, 0.5) is 4.39 Å². The van der Waals surface area contributed by atoms with Gasteiger partial charge in [0.2, 0.25) is 0 Å². The van der Waals surface area contributed by atoms with E-state index in [1.807, 2.05) is 30.3 Å². The molecule has 0 amide bonds. The molecule has 0 saturated carbocycles. The van der Waals surface area contributed by atoms with Crippen LogP contribution in [0.1, 0.15) is 37.3 Å². The topological polar surface area (TPSA) is 59.0 Å². The minimum atomic E-state index is -0.854. The molecule has 1 aliphatic rings. The lowest BCUT2D eigenvalue weighted by Gasteiger charge is -2.35. The molecule has 6 heteroatoms. The van der Waals surface area contributed by atoms with Gasteiger partial charge in [0.15, 0.2) is 0 Å². The normalized spacial score (nSPS) is 16.2. The van der Waals surface area contributed by atoms with E-state index in [0.29, 0.717) is 19.1 Å². The summed E-state index contributed by atoms with van der Waals surface area (Å²) in [4.78, 5) is 13.4. The molecule has 5 nitrogen and oxygen atoms in total. The fourth-order valence-electron chi connectivity index (χ4n) is 3.92. The third kappa shape index (κ3) is 7.64. The maximum Gasteiger partial charge on any atom is 0.307 e. The number of aryl methyl sites for hydroxylation is 2. The van der Waals surface area contributed by atoms with Crippen LogP contribution in [0.15, 0.2) is 48.5 Å². The Kier molecular flexibility index (Phi) is 8.85. The molecule has 168 valence electrons. The Morgan fingerprint density at radius 2 is 1.90 bits per heavy atom. The molecule has 1 N–H and O–H groups in total. The summed E-state index contributed by atoms with van der Waals surface area (Å²) in [5.41, 5.74) is 2.00. The standard InChI is InChI=1S/C25H32FNO4/c1-19-11-13-27(14-12-19)24(18-25(28)29)31-16-15-30-23-8-3-2-6-21(23)10-9-20-5-4-7-22(26)17-20/h2-8,17,19,24H,9-16,18H2,1H3,(H,28,29). The minimum Gasteiger partial charge on any atom is -0.491 e. The molecule has 1 aliphatic heterocycles. The van der Waals surface area contributed by atoms with E-state index in [0.717, 1.165) is 55.6 Å². The number of nitrogens with zero attached hydrogens (tertiary/aromatic N) is 1. The lowest BCUT2D eigenvalue weighted by Crippen LogP contribution is -2.44. The smallest absolute Gasteiger partial charge is 0.307 e. The zero-order valence-electron chi connectivity index (χ0n) is 18.1. The van der Waals surface area contributed by atoms with E-state index in [9.17, 15) is 14.3 Å². The van der Waals surface area contributed by atoms with Gasteiger partial charge in [-0.2, -0.15) is 0 Å². The monoisotopic (exact) mass is 429 g/mol. The van der Waals surface area contributed by atoms with E-state index in [1.54, 1.807) is 12.1 Å². The lowest BCUT2D eigenvalue weighted by molar-refractivity contribution is -0.147. The highest BCUT2D eigenvalue weighted by Gasteiger charge is 2.25. The third-order valence-corrected chi connectivity index (χ3v) is 5.77. The van der Waals surface area contributed by atoms with E-state index in [4.69, 9.17) is 9.47 Å². The van der Waals surface area contributed by atoms with Crippen LogP contribution < -0.4 is 4.74 Å². The van der Waals surface area contributed by atoms with Crippen molar-refractivity contribution in [2.75, 3.05) is 26.3 Å². The molecular weight excluding hydrogens is 397 g/mol. The Morgan fingerprint density at radius 3 is 2.65 bits per heavy atom. The first-order valence-corrected chi connectivity index (χ1v) is 11.0. The van der Waals surface area contributed by atoms with Crippen molar-refractivity contribution in [3.05, 3.63) is 65.5 Å². The predicted molar refractivity (Wildman–Crippen MR) is 118 cm³/mol. The number of hydrogen-bond acceptors (Lipinski definition) is 4. The molecule has 0 bridgehead atoms. The molecule has 1 saturated heterocycles. The van der Waals surface area contributed by atoms with Crippen LogP contribution in [-0.2, 0) is 22.4 Å². The number of benzene rings is 2. The summed E-state index contributed by atoms with van der Waals surface area (Å²) in [6.07, 6.45) is 3.15. The van der Waals surface area contributed by atoms with E-state index in [2.05, 4.69) is 11.8 Å². The van der Waals surface area contributed by atoms with Gasteiger partial charge < -0.3 is 14.6 Å². The molecule has 1 heterocycles. The summed E-state index contributed by atoms with van der Waals surface area (Å²) in [6, 6.07) is 14.5. The van der Waals surface area contributed by atoms with Gasteiger partial charge >= 0.3 is 5.97 Å². The van der Waals surface area contributed by atoms with Crippen LogP contribution in [0.5, 0.6) is 5.75 Å². The average Bonchev–Trinajstić information content (AvgIpc) is 2.75. The number of rotatable bonds is 11. The second-order valence-electron chi connectivity index (χ2n) is 8.23. The van der Waals surface area contributed by atoms with Gasteiger partial charge in [-0.25, -0.2) is 4.39 Å². The molecule has 31 heavy (non-hydrogen) atoms. The zero-order valence-corrected chi connectivity index (χ0v) is 18.1. The number of aliphatic carboxylic acids is 1. The number of halogens is 1. The van der Waals surface area contributed by atoms with Gasteiger partial charge in [0.1, 0.15) is 24.4 Å². The van der Waals surface area contributed by atoms with Gasteiger partial charge in [-0.3, -0.25) is 9.69 Å². The first kappa shape index (κ1) is 23.2. The van der Waals surface area contributed by atoms with E-state index in [-0.39, 0.29) is 12.2 Å². The number of ether oxygens (including phenoxy) is 2. The van der Waals surface area contributed by atoms with Gasteiger partial charge in [-0.15, -0.1) is 0 Å². The Labute approximate surface area is 183 Å². The van der Waals surface area contributed by atoms with Crippen molar-refractivity contribution in [3.8, 4) is 5.75 Å². The van der Waals surface area contributed by atoms with Crippen LogP contribution >= 0.6 is 0 Å². The molecule has 3 rings (SSSR count). The number of hydrogen-bond donors (Lipinski definition) is 1. The van der Waals surface area contributed by atoms with Gasteiger partial charge in [-0.1, -0.05) is 37.3 Å². The number of para-hydroxylation sites is 1. The largest absolute Gasteiger partial charge is 0.491 e. The number of likely N-dealkylation sites (tertiary alicyclic amines) is 1. The predicted octanol–water partition coefficient (Wildman–Crippen LogP) is 4.54. The highest BCUT2D eigenvalue weighted by atomic mass is 19.1. The van der Waals surface area contributed by atoms with Crippen molar-refractivity contribution in [3.63, 3.8) is 0 Å². The summed E-state index contributed by atoms with van der Waals surface area (Å²) in [6.45, 7) is 4.62. The van der Waals surface area contributed by atoms with Crippen molar-refractivity contribution in [1.82, 2.24) is 4.90 Å². The van der Waals surface area contributed by atoms with E-state index >= 15 is 0 Å². The maximum atomic E-state index is 13.4. The first-order chi connectivity index (χ1) is 15.0. The Balaban J connectivity index is 1.49. The molecule has 2 aromatic carbocycles. The molecule has 0 radical (unpaired) electrons. The van der Waals surface area contributed by atoms with Gasteiger partial charge in [-0.05, 0) is 60.9 Å². The molecule has 1 unspecified atom stereocenters. The number of piperidine rings is 1. The fourth-order valence-corrected chi connectivity index (χ4v) is 3.92. The van der Waals surface area contributed by atoms with E-state index < -0.39 is 12.2 Å². The fraction of sp³-hybridized carbons (Fsp3) is 0.480. The summed E-state index contributed by atoms with van der Waals surface area (Å²) < 4.78 is 25.3. The Hall–Kier alpha value is -2.44. The molecule has 1 fully saturated rings. The van der Waals surface area contributed by atoms with Crippen LogP contribution in [0.25, 0.3) is 0 Å². The van der Waals surface area contributed by atoms with Gasteiger partial charge in [0.25, 0.3) is 0 Å². The first-order valence-electron chi connectivity index (χ1n) is 11.0. The molecule has 0 spiro atoms. The zero-order chi connectivity index (χ0) is 22.1. The van der Waals surface area contributed by atoms with Crippen LogP contribution in [0, 0.1) is 11.7 Å². The maximum absolute atomic E-state index is 13.4. The lowest BCUT2D eigenvalue weighted by atomic mass is 9.99. The van der Waals surface area contributed by atoms with Crippen molar-refractivity contribution >= 4 is 5.97 Å². The SMILES string of the molecule is CC1CCN(C(CC(=O)O)OCCOc2ccccc2CCc2cccc(F)c2)CC1. The van der Waals surface area contributed by atoms with Crippen molar-refractivity contribution in [1.29, 1.82) is 0 Å². The van der Waals surface area contributed by atoms with E-state index in [1.165, 1.54) is 6.07 Å². The second kappa shape index (κ2) is 11.8. The Morgan fingerprint density at radius 1 is 1.13 bits per heavy atom. The summed E-state index contributed by atoms with van der Waals surface area (Å²) in [5.74, 6) is 0.378.